The highest BCUT2D eigenvalue weighted by molar-refractivity contribution is 7.89. The van der Waals surface area contributed by atoms with Crippen LogP contribution in [0.1, 0.15) is 0 Å². The Hall–Kier alpha value is -3.17. The molecule has 0 saturated heterocycles. The van der Waals surface area contributed by atoms with Crippen LogP contribution in [0.15, 0.2) is 68.7 Å². The maximum Gasteiger partial charge on any atom is 0.336 e. The molecule has 134 valence electrons. The normalized spacial score (nSPS) is 11.3. The van der Waals surface area contributed by atoms with Gasteiger partial charge in [-0.15, -0.1) is 0 Å². The van der Waals surface area contributed by atoms with E-state index in [0.29, 0.717) is 17.0 Å². The number of benzene rings is 2. The van der Waals surface area contributed by atoms with Gasteiger partial charge in [-0.05, 0) is 42.5 Å². The fourth-order valence-corrected chi connectivity index (χ4v) is 2.72. The summed E-state index contributed by atoms with van der Waals surface area (Å²) in [7, 11) is -3.78. The number of nitrogens with two attached hydrogens (primary N) is 1. The number of hydrogen-bond acceptors (Lipinski definition) is 6. The average Bonchev–Trinajstić information content (AvgIpc) is 2.59. The first kappa shape index (κ1) is 17.6. The van der Waals surface area contributed by atoms with Crippen molar-refractivity contribution in [3.05, 3.63) is 65.0 Å². The van der Waals surface area contributed by atoms with E-state index in [-0.39, 0.29) is 11.5 Å². The van der Waals surface area contributed by atoms with Gasteiger partial charge in [0, 0.05) is 23.2 Å². The number of primary sulfonamides is 1. The summed E-state index contributed by atoms with van der Waals surface area (Å²) in [5, 5.41) is 8.30. The number of fused-ring (bicyclic) bond motifs is 1. The molecule has 2 aromatic carbocycles. The van der Waals surface area contributed by atoms with E-state index in [4.69, 9.17) is 14.3 Å². The van der Waals surface area contributed by atoms with Gasteiger partial charge in [0.2, 0.25) is 10.0 Å². The van der Waals surface area contributed by atoms with Crippen molar-refractivity contribution in [3.63, 3.8) is 0 Å². The van der Waals surface area contributed by atoms with E-state index >= 15 is 0 Å². The molecule has 0 aliphatic carbocycles. The number of nitrogens with one attached hydrogen (secondary N) is 1. The number of rotatable bonds is 5. The first-order valence-corrected chi connectivity index (χ1v) is 8.95. The van der Waals surface area contributed by atoms with Crippen molar-refractivity contribution in [1.29, 1.82) is 0 Å². The monoisotopic (exact) mass is 374 g/mol. The van der Waals surface area contributed by atoms with Crippen LogP contribution in [0.5, 0.6) is 5.75 Å². The van der Waals surface area contributed by atoms with Crippen LogP contribution in [0.4, 0.5) is 5.69 Å². The van der Waals surface area contributed by atoms with E-state index in [1.165, 1.54) is 36.4 Å². The Labute approximate surface area is 148 Å². The molecular formula is C17H14N2O6S. The smallest absolute Gasteiger partial charge is 0.336 e. The third-order valence-corrected chi connectivity index (χ3v) is 4.36. The van der Waals surface area contributed by atoms with Crippen molar-refractivity contribution in [3.8, 4) is 5.75 Å². The maximum absolute atomic E-state index is 11.9. The van der Waals surface area contributed by atoms with Crippen molar-refractivity contribution >= 4 is 32.6 Å². The van der Waals surface area contributed by atoms with E-state index in [0.717, 1.165) is 5.39 Å². The predicted octanol–water partition coefficient (Wildman–Crippen LogP) is 1.46. The van der Waals surface area contributed by atoms with E-state index in [1.807, 2.05) is 0 Å². The van der Waals surface area contributed by atoms with Crippen LogP contribution in [0, 0.1) is 0 Å². The van der Waals surface area contributed by atoms with Crippen LogP contribution in [-0.4, -0.2) is 20.9 Å². The molecule has 0 spiro atoms. The molecule has 1 heterocycles. The molecule has 3 N–H and O–H groups in total. The van der Waals surface area contributed by atoms with Crippen molar-refractivity contribution in [2.24, 2.45) is 5.14 Å². The highest BCUT2D eigenvalue weighted by atomic mass is 32.2. The molecule has 0 aliphatic rings. The second kappa shape index (κ2) is 6.98. The Morgan fingerprint density at radius 2 is 1.77 bits per heavy atom. The van der Waals surface area contributed by atoms with Gasteiger partial charge in [-0.2, -0.15) is 0 Å². The Balaban J connectivity index is 1.63. The van der Waals surface area contributed by atoms with Crippen molar-refractivity contribution in [1.82, 2.24) is 0 Å². The second-order valence-corrected chi connectivity index (χ2v) is 6.92. The third-order valence-electron chi connectivity index (χ3n) is 3.43. The first-order valence-electron chi connectivity index (χ1n) is 7.41. The van der Waals surface area contributed by atoms with Crippen LogP contribution in [-0.2, 0) is 14.8 Å². The van der Waals surface area contributed by atoms with Gasteiger partial charge in [-0.3, -0.25) is 4.79 Å². The summed E-state index contributed by atoms with van der Waals surface area (Å²) in [6.45, 7) is -0.278. The first-order chi connectivity index (χ1) is 12.3. The molecule has 1 aromatic heterocycles. The third kappa shape index (κ3) is 4.26. The minimum absolute atomic E-state index is 0.0515. The molecule has 0 radical (unpaired) electrons. The molecule has 0 aliphatic heterocycles. The van der Waals surface area contributed by atoms with Crippen molar-refractivity contribution in [2.75, 3.05) is 11.9 Å². The summed E-state index contributed by atoms with van der Waals surface area (Å²) in [4.78, 5) is 23.1. The second-order valence-electron chi connectivity index (χ2n) is 5.36. The number of hydrogen-bond donors (Lipinski definition) is 2. The Bertz CT molecular complexity index is 1120. The number of anilines is 1. The zero-order valence-electron chi connectivity index (χ0n) is 13.3. The molecule has 0 saturated carbocycles. The van der Waals surface area contributed by atoms with Gasteiger partial charge in [0.25, 0.3) is 5.91 Å². The Kier molecular flexibility index (Phi) is 4.74. The van der Waals surface area contributed by atoms with Gasteiger partial charge in [-0.25, -0.2) is 18.4 Å². The van der Waals surface area contributed by atoms with Gasteiger partial charge >= 0.3 is 5.63 Å². The average molecular weight is 374 g/mol. The Morgan fingerprint density at radius 1 is 1.08 bits per heavy atom. The molecular weight excluding hydrogens is 360 g/mol. The minimum atomic E-state index is -3.78. The van der Waals surface area contributed by atoms with E-state index in [9.17, 15) is 18.0 Å². The summed E-state index contributed by atoms with van der Waals surface area (Å²) in [5.41, 5.74) is 0.278. The molecule has 1 amide bonds. The van der Waals surface area contributed by atoms with E-state index in [1.54, 1.807) is 18.2 Å². The number of amides is 1. The lowest BCUT2D eigenvalue weighted by atomic mass is 10.2. The van der Waals surface area contributed by atoms with Crippen LogP contribution >= 0.6 is 0 Å². The molecule has 26 heavy (non-hydrogen) atoms. The number of ether oxygens (including phenoxy) is 1. The van der Waals surface area contributed by atoms with Gasteiger partial charge in [0.05, 0.1) is 4.90 Å². The summed E-state index contributed by atoms with van der Waals surface area (Å²) >= 11 is 0. The number of carbonyl (C=O) groups excluding carboxylic acids is 1. The number of sulfonamides is 1. The van der Waals surface area contributed by atoms with Crippen LogP contribution in [0.3, 0.4) is 0 Å². The SMILES string of the molecule is NS(=O)(=O)c1ccc(NC(=O)COc2ccc3ccc(=O)oc3c2)cc1. The highest BCUT2D eigenvalue weighted by Crippen LogP contribution is 2.19. The molecule has 8 nitrogen and oxygen atoms in total. The zero-order valence-corrected chi connectivity index (χ0v) is 14.2. The van der Waals surface area contributed by atoms with Crippen molar-refractivity contribution in [2.45, 2.75) is 4.90 Å². The lowest BCUT2D eigenvalue weighted by Gasteiger charge is -2.08. The van der Waals surface area contributed by atoms with Gasteiger partial charge in [0.15, 0.2) is 6.61 Å². The predicted molar refractivity (Wildman–Crippen MR) is 94.4 cm³/mol. The quantitative estimate of drug-likeness (QED) is 0.651. The molecule has 0 atom stereocenters. The van der Waals surface area contributed by atoms with Crippen molar-refractivity contribution < 1.29 is 22.4 Å². The van der Waals surface area contributed by atoms with E-state index in [2.05, 4.69) is 5.32 Å². The standard InChI is InChI=1S/C17H14N2O6S/c18-26(22,23)14-6-3-12(4-7-14)19-16(20)10-24-13-5-1-11-2-8-17(21)25-15(11)9-13/h1-9H,10H2,(H,19,20)(H2,18,22,23). The maximum atomic E-state index is 11.9. The molecule has 3 aromatic rings. The minimum Gasteiger partial charge on any atom is -0.484 e. The lowest BCUT2D eigenvalue weighted by molar-refractivity contribution is -0.118. The van der Waals surface area contributed by atoms with Crippen LogP contribution < -0.4 is 20.8 Å². The van der Waals surface area contributed by atoms with E-state index < -0.39 is 21.6 Å². The zero-order chi connectivity index (χ0) is 18.7. The summed E-state index contributed by atoms with van der Waals surface area (Å²) in [5.74, 6) is -0.0745. The Morgan fingerprint density at radius 3 is 2.46 bits per heavy atom. The van der Waals surface area contributed by atoms with Gasteiger partial charge in [0.1, 0.15) is 11.3 Å². The molecule has 0 fully saturated rings. The highest BCUT2D eigenvalue weighted by Gasteiger charge is 2.09. The molecule has 9 heteroatoms. The largest absolute Gasteiger partial charge is 0.484 e. The number of carbonyl (C=O) groups is 1. The summed E-state index contributed by atoms with van der Waals surface area (Å²) in [6, 6.07) is 13.2. The molecule has 0 unspecified atom stereocenters. The van der Waals surface area contributed by atoms with Gasteiger partial charge in [-0.1, -0.05) is 0 Å². The van der Waals surface area contributed by atoms with Gasteiger partial charge < -0.3 is 14.5 Å². The molecule has 0 bridgehead atoms. The van der Waals surface area contributed by atoms with Crippen LogP contribution in [0.25, 0.3) is 11.0 Å². The topological polar surface area (TPSA) is 129 Å². The lowest BCUT2D eigenvalue weighted by Crippen LogP contribution is -2.20. The van der Waals surface area contributed by atoms with Crippen LogP contribution in [0.2, 0.25) is 0 Å². The summed E-state index contributed by atoms with van der Waals surface area (Å²) in [6.07, 6.45) is 0. The fraction of sp³-hybridized carbons (Fsp3) is 0.0588. The molecule has 3 rings (SSSR count). The summed E-state index contributed by atoms with van der Waals surface area (Å²) < 4.78 is 32.8. The fourth-order valence-electron chi connectivity index (χ4n) is 2.20.